The van der Waals surface area contributed by atoms with Crippen molar-refractivity contribution in [3.8, 4) is 0 Å². The maximum atomic E-state index is 4.21. The standard InChI is InChI=1S/C9H9N/c1-3-7-4-5-10-9-6(2)8(7)9/h3-6H,1H2,2H3. The second-order valence-electron chi connectivity index (χ2n) is 2.62. The summed E-state index contributed by atoms with van der Waals surface area (Å²) in [6, 6.07) is 2.01. The summed E-state index contributed by atoms with van der Waals surface area (Å²) in [7, 11) is 0. The first-order valence-corrected chi connectivity index (χ1v) is 3.46. The van der Waals surface area contributed by atoms with Gasteiger partial charge in [-0.1, -0.05) is 19.6 Å². The molecule has 0 radical (unpaired) electrons. The molecule has 50 valence electrons. The molecular formula is C9H9N. The minimum absolute atomic E-state index is 0.586. The van der Waals surface area contributed by atoms with Crippen molar-refractivity contribution in [2.75, 3.05) is 0 Å². The summed E-state index contributed by atoms with van der Waals surface area (Å²) in [6.07, 6.45) is 3.74. The molecule has 1 aliphatic rings. The van der Waals surface area contributed by atoms with E-state index in [0.29, 0.717) is 5.92 Å². The topological polar surface area (TPSA) is 12.9 Å². The minimum Gasteiger partial charge on any atom is -0.260 e. The Morgan fingerprint density at radius 3 is 3.10 bits per heavy atom. The molecule has 1 aromatic heterocycles. The Bertz CT molecular complexity index is 289. The summed E-state index contributed by atoms with van der Waals surface area (Å²) in [4.78, 5) is 4.21. The lowest BCUT2D eigenvalue weighted by atomic mass is 10.2. The fraction of sp³-hybridized carbons (Fsp3) is 0.222. The Morgan fingerprint density at radius 2 is 2.50 bits per heavy atom. The largest absolute Gasteiger partial charge is 0.260 e. The van der Waals surface area contributed by atoms with Crippen LogP contribution in [0.3, 0.4) is 0 Å². The summed E-state index contributed by atoms with van der Waals surface area (Å²) in [5.74, 6) is 0.586. The molecule has 1 aromatic rings. The lowest BCUT2D eigenvalue weighted by Crippen LogP contribution is -1.70. The number of aromatic nitrogens is 1. The van der Waals surface area contributed by atoms with Crippen molar-refractivity contribution in [2.24, 2.45) is 0 Å². The lowest BCUT2D eigenvalue weighted by molar-refractivity contribution is 1.10. The highest BCUT2D eigenvalue weighted by Gasteiger charge is 2.31. The van der Waals surface area contributed by atoms with E-state index in [4.69, 9.17) is 0 Å². The molecule has 0 saturated carbocycles. The van der Waals surface area contributed by atoms with Crippen molar-refractivity contribution in [1.82, 2.24) is 4.98 Å². The number of rotatable bonds is 1. The van der Waals surface area contributed by atoms with E-state index in [0.717, 1.165) is 0 Å². The average Bonchev–Trinajstić information content (AvgIpc) is 2.63. The predicted molar refractivity (Wildman–Crippen MR) is 41.8 cm³/mol. The zero-order chi connectivity index (χ0) is 7.14. The smallest absolute Gasteiger partial charge is 0.0521 e. The SMILES string of the molecule is C=Cc1ccnc2c1C2C. The first-order valence-electron chi connectivity index (χ1n) is 3.46. The van der Waals surface area contributed by atoms with Crippen LogP contribution >= 0.6 is 0 Å². The van der Waals surface area contributed by atoms with Crippen molar-refractivity contribution in [2.45, 2.75) is 12.8 Å². The Balaban J connectivity index is 2.58. The number of nitrogens with zero attached hydrogens (tertiary/aromatic N) is 1. The molecule has 1 unspecified atom stereocenters. The second kappa shape index (κ2) is 1.69. The minimum atomic E-state index is 0.586. The van der Waals surface area contributed by atoms with Gasteiger partial charge in [0.2, 0.25) is 0 Å². The molecule has 1 heteroatoms. The first-order chi connectivity index (χ1) is 4.84. The van der Waals surface area contributed by atoms with E-state index in [1.165, 1.54) is 16.8 Å². The van der Waals surface area contributed by atoms with Gasteiger partial charge in [0, 0.05) is 12.1 Å². The van der Waals surface area contributed by atoms with Crippen LogP contribution in [-0.4, -0.2) is 4.98 Å². The highest BCUT2D eigenvalue weighted by Crippen LogP contribution is 2.43. The van der Waals surface area contributed by atoms with Gasteiger partial charge < -0.3 is 0 Å². The van der Waals surface area contributed by atoms with Crippen LogP contribution in [0, 0.1) is 0 Å². The van der Waals surface area contributed by atoms with E-state index in [1.54, 1.807) is 0 Å². The van der Waals surface area contributed by atoms with Crippen LogP contribution in [0.15, 0.2) is 18.8 Å². The predicted octanol–water partition coefficient (Wildman–Crippen LogP) is 2.19. The van der Waals surface area contributed by atoms with E-state index in [1.807, 2.05) is 18.3 Å². The summed E-state index contributed by atoms with van der Waals surface area (Å²) in [6.45, 7) is 5.90. The number of fused-ring (bicyclic) bond motifs is 1. The third-order valence-electron chi connectivity index (χ3n) is 2.03. The maximum Gasteiger partial charge on any atom is 0.0521 e. The number of hydrogen-bond donors (Lipinski definition) is 0. The summed E-state index contributed by atoms with van der Waals surface area (Å²) >= 11 is 0. The number of pyridine rings is 1. The van der Waals surface area contributed by atoms with Gasteiger partial charge in [-0.05, 0) is 17.2 Å². The first kappa shape index (κ1) is 5.66. The second-order valence-corrected chi connectivity index (χ2v) is 2.62. The van der Waals surface area contributed by atoms with Crippen molar-refractivity contribution in [3.63, 3.8) is 0 Å². The van der Waals surface area contributed by atoms with Gasteiger partial charge in [-0.25, -0.2) is 0 Å². The van der Waals surface area contributed by atoms with Gasteiger partial charge in [0.25, 0.3) is 0 Å². The van der Waals surface area contributed by atoms with E-state index in [-0.39, 0.29) is 0 Å². The van der Waals surface area contributed by atoms with Gasteiger partial charge in [0.1, 0.15) is 0 Å². The summed E-state index contributed by atoms with van der Waals surface area (Å²) in [5, 5.41) is 0. The fourth-order valence-electron chi connectivity index (χ4n) is 1.37. The van der Waals surface area contributed by atoms with Gasteiger partial charge in [-0.2, -0.15) is 0 Å². The molecule has 0 spiro atoms. The summed E-state index contributed by atoms with van der Waals surface area (Å²) in [5.41, 5.74) is 3.88. The van der Waals surface area contributed by atoms with Crippen LogP contribution in [-0.2, 0) is 0 Å². The molecule has 0 saturated heterocycles. The van der Waals surface area contributed by atoms with Crippen LogP contribution in [0.2, 0.25) is 0 Å². The number of hydrogen-bond acceptors (Lipinski definition) is 1. The Kier molecular flexibility index (Phi) is 0.956. The Morgan fingerprint density at radius 1 is 1.70 bits per heavy atom. The molecule has 1 nitrogen and oxygen atoms in total. The third-order valence-corrected chi connectivity index (χ3v) is 2.03. The molecular weight excluding hydrogens is 122 g/mol. The zero-order valence-corrected chi connectivity index (χ0v) is 5.96. The molecule has 0 amide bonds. The highest BCUT2D eigenvalue weighted by atomic mass is 14.7. The normalized spacial score (nSPS) is 19.9. The molecule has 0 bridgehead atoms. The quantitative estimate of drug-likeness (QED) is 0.569. The van der Waals surface area contributed by atoms with Crippen molar-refractivity contribution in [3.05, 3.63) is 35.7 Å². The van der Waals surface area contributed by atoms with Crippen molar-refractivity contribution < 1.29 is 0 Å². The molecule has 10 heavy (non-hydrogen) atoms. The van der Waals surface area contributed by atoms with E-state index >= 15 is 0 Å². The maximum absolute atomic E-state index is 4.21. The van der Waals surface area contributed by atoms with Gasteiger partial charge in [0.05, 0.1) is 5.69 Å². The molecule has 0 fully saturated rings. The molecule has 2 rings (SSSR count). The van der Waals surface area contributed by atoms with Crippen LogP contribution < -0.4 is 0 Å². The van der Waals surface area contributed by atoms with Gasteiger partial charge in [0.15, 0.2) is 0 Å². The molecule has 1 atom stereocenters. The van der Waals surface area contributed by atoms with Gasteiger partial charge in [-0.15, -0.1) is 0 Å². The lowest BCUT2D eigenvalue weighted by Gasteiger charge is -1.85. The molecule has 0 aromatic carbocycles. The van der Waals surface area contributed by atoms with Crippen molar-refractivity contribution >= 4 is 6.08 Å². The van der Waals surface area contributed by atoms with Crippen LogP contribution in [0.4, 0.5) is 0 Å². The Labute approximate surface area is 60.4 Å². The third kappa shape index (κ3) is 0.548. The highest BCUT2D eigenvalue weighted by molar-refractivity contribution is 5.63. The zero-order valence-electron chi connectivity index (χ0n) is 5.96. The molecule has 0 N–H and O–H groups in total. The van der Waals surface area contributed by atoms with E-state index in [2.05, 4.69) is 18.5 Å². The van der Waals surface area contributed by atoms with Crippen LogP contribution in [0.5, 0.6) is 0 Å². The van der Waals surface area contributed by atoms with Crippen LogP contribution in [0.1, 0.15) is 29.7 Å². The average molecular weight is 131 g/mol. The van der Waals surface area contributed by atoms with Gasteiger partial charge >= 0.3 is 0 Å². The fourth-order valence-corrected chi connectivity index (χ4v) is 1.37. The summed E-state index contributed by atoms with van der Waals surface area (Å²) < 4.78 is 0. The van der Waals surface area contributed by atoms with Crippen molar-refractivity contribution in [1.29, 1.82) is 0 Å². The molecule has 1 aliphatic carbocycles. The monoisotopic (exact) mass is 131 g/mol. The van der Waals surface area contributed by atoms with Gasteiger partial charge in [-0.3, -0.25) is 4.98 Å². The molecule has 0 aliphatic heterocycles. The molecule has 1 heterocycles. The van der Waals surface area contributed by atoms with E-state index < -0.39 is 0 Å². The van der Waals surface area contributed by atoms with Crippen LogP contribution in [0.25, 0.3) is 6.08 Å². The van der Waals surface area contributed by atoms with E-state index in [9.17, 15) is 0 Å². The Hall–Kier alpha value is -1.11.